The number of ether oxygens (including phenoxy) is 3. The molecule has 0 aliphatic carbocycles. The van der Waals surface area contributed by atoms with Gasteiger partial charge in [0.15, 0.2) is 11.2 Å². The smallest absolute Gasteiger partial charge is 0.390 e. The molecule has 56 heavy (non-hydrogen) atoms. The predicted molar refractivity (Wildman–Crippen MR) is 210 cm³/mol. The molecule has 1 aliphatic heterocycles. The second-order valence-corrected chi connectivity index (χ2v) is 13.3. The van der Waals surface area contributed by atoms with Gasteiger partial charge >= 0.3 is 6.09 Å². The number of nitrogens with zero attached hydrogens (tertiary/aromatic N) is 5. The van der Waals surface area contributed by atoms with Crippen LogP contribution in [0.4, 0.5) is 22.1 Å². The zero-order chi connectivity index (χ0) is 38.5. The zero-order valence-corrected chi connectivity index (χ0v) is 30.4. The highest BCUT2D eigenvalue weighted by atomic mass is 16.6. The molecular formula is C44H38N6O6. The van der Waals surface area contributed by atoms with Gasteiger partial charge in [-0.05, 0) is 41.0 Å². The summed E-state index contributed by atoms with van der Waals surface area (Å²) in [4.78, 5) is 41.0. The van der Waals surface area contributed by atoms with Crippen LogP contribution in [0.3, 0.4) is 0 Å². The van der Waals surface area contributed by atoms with Gasteiger partial charge in [0.1, 0.15) is 17.9 Å². The molecule has 280 valence electrons. The van der Waals surface area contributed by atoms with E-state index in [1.54, 1.807) is 28.8 Å². The van der Waals surface area contributed by atoms with Crippen LogP contribution in [0.2, 0.25) is 0 Å². The van der Waals surface area contributed by atoms with Gasteiger partial charge in [-0.15, -0.1) is 0 Å². The van der Waals surface area contributed by atoms with Gasteiger partial charge in [-0.3, -0.25) is 14.7 Å². The number of para-hydroxylation sites is 2. The number of nitrogens with one attached hydrogen (secondary N) is 1. The molecule has 1 saturated heterocycles. The number of aromatic nitrogens is 4. The average molecular weight is 747 g/mol. The van der Waals surface area contributed by atoms with Gasteiger partial charge in [0, 0.05) is 13.3 Å². The molecule has 0 saturated carbocycles. The SMILES string of the molecule is CC(=O)Nc1nc(OC(=O)N(c2ccccc2)c2ccccc2)c2ncn(C3CC(O)C(COC(c4ccccc4)(c4ccccc4)c4ccccc4)O3)c2n1. The number of hydrogen-bond donors (Lipinski definition) is 2. The summed E-state index contributed by atoms with van der Waals surface area (Å²) in [5, 5.41) is 14.1. The number of aliphatic hydroxyl groups excluding tert-OH is 1. The first-order valence-electron chi connectivity index (χ1n) is 18.2. The fourth-order valence-electron chi connectivity index (χ4n) is 7.04. The Labute approximate surface area is 323 Å². The van der Waals surface area contributed by atoms with Gasteiger partial charge in [-0.25, -0.2) is 14.7 Å². The van der Waals surface area contributed by atoms with Crippen LogP contribution < -0.4 is 15.0 Å². The first-order valence-corrected chi connectivity index (χ1v) is 18.2. The summed E-state index contributed by atoms with van der Waals surface area (Å²) in [6.45, 7) is 1.36. The van der Waals surface area contributed by atoms with Crippen molar-refractivity contribution in [2.45, 2.75) is 37.4 Å². The number of rotatable bonds is 11. The first-order chi connectivity index (χ1) is 27.4. The summed E-state index contributed by atoms with van der Waals surface area (Å²) in [7, 11) is 0. The number of anilines is 3. The molecule has 2 aromatic heterocycles. The minimum Gasteiger partial charge on any atom is -0.390 e. The molecule has 12 heteroatoms. The Morgan fingerprint density at radius 3 is 1.79 bits per heavy atom. The molecule has 1 aliphatic rings. The van der Waals surface area contributed by atoms with E-state index in [-0.39, 0.29) is 36.0 Å². The Hall–Kier alpha value is -6.73. The van der Waals surface area contributed by atoms with Gasteiger partial charge in [0.25, 0.3) is 5.88 Å². The van der Waals surface area contributed by atoms with E-state index in [2.05, 4.69) is 20.3 Å². The lowest BCUT2D eigenvalue weighted by atomic mass is 9.80. The van der Waals surface area contributed by atoms with Gasteiger partial charge in [-0.2, -0.15) is 9.97 Å². The molecule has 0 bridgehead atoms. The van der Waals surface area contributed by atoms with Crippen molar-refractivity contribution in [1.82, 2.24) is 19.5 Å². The van der Waals surface area contributed by atoms with Crippen LogP contribution in [0.15, 0.2) is 158 Å². The van der Waals surface area contributed by atoms with Crippen molar-refractivity contribution >= 4 is 40.5 Å². The van der Waals surface area contributed by atoms with E-state index in [4.69, 9.17) is 14.2 Å². The lowest BCUT2D eigenvalue weighted by Crippen LogP contribution is -2.38. The molecule has 0 radical (unpaired) electrons. The normalized spacial score (nSPS) is 16.7. The molecule has 2 N–H and O–H groups in total. The Morgan fingerprint density at radius 1 is 0.786 bits per heavy atom. The lowest BCUT2D eigenvalue weighted by Gasteiger charge is -2.37. The zero-order valence-electron chi connectivity index (χ0n) is 30.4. The molecule has 3 atom stereocenters. The molecule has 3 heterocycles. The van der Waals surface area contributed by atoms with Crippen LogP contribution in [-0.2, 0) is 19.9 Å². The number of benzene rings is 5. The summed E-state index contributed by atoms with van der Waals surface area (Å²) in [5.74, 6) is -0.695. The second kappa shape index (κ2) is 15.9. The molecule has 0 spiro atoms. The number of carbonyl (C=O) groups excluding carboxylic acids is 2. The van der Waals surface area contributed by atoms with Crippen molar-refractivity contribution in [3.8, 4) is 5.88 Å². The van der Waals surface area contributed by atoms with Crippen LogP contribution in [-0.4, -0.2) is 55.4 Å². The van der Waals surface area contributed by atoms with Crippen LogP contribution >= 0.6 is 0 Å². The highest BCUT2D eigenvalue weighted by molar-refractivity contribution is 5.98. The van der Waals surface area contributed by atoms with E-state index >= 15 is 0 Å². The van der Waals surface area contributed by atoms with Crippen molar-refractivity contribution < 1.29 is 28.9 Å². The Bertz CT molecular complexity index is 2280. The van der Waals surface area contributed by atoms with E-state index in [9.17, 15) is 14.7 Å². The predicted octanol–water partition coefficient (Wildman–Crippen LogP) is 7.78. The third-order valence-electron chi connectivity index (χ3n) is 9.59. The third kappa shape index (κ3) is 7.23. The average Bonchev–Trinajstić information content (AvgIpc) is 3.83. The minimum atomic E-state index is -1.01. The maximum absolute atomic E-state index is 13.9. The number of aliphatic hydroxyl groups is 1. The molecular weight excluding hydrogens is 709 g/mol. The van der Waals surface area contributed by atoms with Gasteiger partial charge in [-0.1, -0.05) is 127 Å². The second-order valence-electron chi connectivity index (χ2n) is 13.3. The summed E-state index contributed by atoms with van der Waals surface area (Å²) in [6.07, 6.45) is -1.49. The van der Waals surface area contributed by atoms with Crippen molar-refractivity contribution in [3.05, 3.63) is 175 Å². The number of carbonyl (C=O) groups is 2. The highest BCUT2D eigenvalue weighted by Crippen LogP contribution is 2.42. The maximum Gasteiger partial charge on any atom is 0.425 e. The number of amides is 2. The van der Waals surface area contributed by atoms with Crippen LogP contribution in [0, 0.1) is 0 Å². The van der Waals surface area contributed by atoms with Crippen molar-refractivity contribution in [2.24, 2.45) is 0 Å². The fourth-order valence-corrected chi connectivity index (χ4v) is 7.04. The van der Waals surface area contributed by atoms with E-state index in [1.807, 2.05) is 127 Å². The van der Waals surface area contributed by atoms with Gasteiger partial charge < -0.3 is 19.3 Å². The van der Waals surface area contributed by atoms with E-state index in [1.165, 1.54) is 18.2 Å². The first kappa shape index (κ1) is 36.3. The largest absolute Gasteiger partial charge is 0.425 e. The monoisotopic (exact) mass is 746 g/mol. The Kier molecular flexibility index (Phi) is 10.3. The summed E-state index contributed by atoms with van der Waals surface area (Å²) in [5.41, 5.74) is 3.27. The number of fused-ring (bicyclic) bond motifs is 1. The molecule has 3 unspecified atom stereocenters. The number of imidazole rings is 1. The van der Waals surface area contributed by atoms with E-state index in [0.717, 1.165) is 16.7 Å². The van der Waals surface area contributed by atoms with Gasteiger partial charge in [0.2, 0.25) is 11.9 Å². The molecule has 8 rings (SSSR count). The third-order valence-corrected chi connectivity index (χ3v) is 9.59. The molecule has 12 nitrogen and oxygen atoms in total. The minimum absolute atomic E-state index is 0.0345. The highest BCUT2D eigenvalue weighted by Gasteiger charge is 2.42. The Balaban J connectivity index is 1.10. The van der Waals surface area contributed by atoms with Gasteiger partial charge in [0.05, 0.1) is 30.4 Å². The van der Waals surface area contributed by atoms with E-state index in [0.29, 0.717) is 11.4 Å². The van der Waals surface area contributed by atoms with Crippen molar-refractivity contribution in [2.75, 3.05) is 16.8 Å². The Morgan fingerprint density at radius 2 is 1.29 bits per heavy atom. The number of hydrogen-bond acceptors (Lipinski definition) is 9. The quantitative estimate of drug-likeness (QED) is 0.127. The van der Waals surface area contributed by atoms with Crippen LogP contribution in [0.25, 0.3) is 11.2 Å². The standard InChI is InChI=1S/C44H38N6O6/c1-30(51)46-42-47-40-39(41(48-42)56-43(53)50(34-23-13-5-14-24-34)35-25-15-6-16-26-35)45-29-49(40)38-27-36(52)37(55-38)28-54-44(31-17-7-2-8-18-31,32-19-9-3-10-20-32)33-21-11-4-12-22-33/h2-26,29,36-38,52H,27-28H2,1H3,(H,46,47,48,51). The van der Waals surface area contributed by atoms with Crippen molar-refractivity contribution in [1.29, 1.82) is 0 Å². The summed E-state index contributed by atoms with van der Waals surface area (Å²) in [6, 6.07) is 48.0. The summed E-state index contributed by atoms with van der Waals surface area (Å²) < 4.78 is 21.1. The fraction of sp³-hybridized carbons (Fsp3) is 0.159. The lowest BCUT2D eigenvalue weighted by molar-refractivity contribution is -0.114. The molecule has 1 fully saturated rings. The van der Waals surface area contributed by atoms with E-state index < -0.39 is 36.0 Å². The summed E-state index contributed by atoms with van der Waals surface area (Å²) >= 11 is 0. The molecule has 5 aromatic carbocycles. The topological polar surface area (TPSA) is 141 Å². The maximum atomic E-state index is 13.9. The van der Waals surface area contributed by atoms with Crippen LogP contribution in [0.5, 0.6) is 5.88 Å². The van der Waals surface area contributed by atoms with Crippen LogP contribution in [0.1, 0.15) is 36.3 Å². The van der Waals surface area contributed by atoms with Crippen molar-refractivity contribution in [3.63, 3.8) is 0 Å². The molecule has 2 amide bonds. The molecule has 7 aromatic rings.